The van der Waals surface area contributed by atoms with Gasteiger partial charge in [-0.05, 0) is 36.2 Å². The first-order chi connectivity index (χ1) is 14.6. The summed E-state index contributed by atoms with van der Waals surface area (Å²) in [7, 11) is 0. The number of phenols is 1. The molecule has 1 aromatic heterocycles. The topological polar surface area (TPSA) is 55.2 Å². The Morgan fingerprint density at radius 2 is 1.47 bits per heavy atom. The summed E-state index contributed by atoms with van der Waals surface area (Å²) in [5.74, 6) is -1.88. The van der Waals surface area contributed by atoms with Crippen molar-refractivity contribution in [2.24, 2.45) is 0 Å². The molecule has 0 radical (unpaired) electrons. The number of rotatable bonds is 10. The van der Waals surface area contributed by atoms with Crippen LogP contribution in [0.1, 0.15) is 45.4 Å². The quantitative estimate of drug-likeness (QED) is 0.385. The highest BCUT2D eigenvalue weighted by Crippen LogP contribution is 2.29. The maximum absolute atomic E-state index is 14.6. The first-order valence-electron chi connectivity index (χ1n) is 10.3. The van der Waals surface area contributed by atoms with Gasteiger partial charge in [-0.3, -0.25) is 0 Å². The van der Waals surface area contributed by atoms with E-state index in [9.17, 15) is 13.9 Å². The minimum atomic E-state index is -1.02. The van der Waals surface area contributed by atoms with Crippen LogP contribution in [0, 0.1) is 11.6 Å². The van der Waals surface area contributed by atoms with Gasteiger partial charge in [0.15, 0.2) is 17.4 Å². The highest BCUT2D eigenvalue weighted by atomic mass is 19.2. The summed E-state index contributed by atoms with van der Waals surface area (Å²) in [4.78, 5) is 8.34. The number of hydrogen-bond donors (Lipinski definition) is 1. The standard InChI is InChI=1S/C24H26F2N2O2/c1-2-3-4-5-6-7-14-30-21-13-12-20(22(25)23(21)26)24-27-15-18(16-28-24)17-8-10-19(29)11-9-17/h8-13,15-16,29H,2-7,14H2,1H3. The van der Waals surface area contributed by atoms with E-state index < -0.39 is 11.6 Å². The van der Waals surface area contributed by atoms with Gasteiger partial charge in [-0.25, -0.2) is 14.4 Å². The van der Waals surface area contributed by atoms with Crippen molar-refractivity contribution in [3.05, 3.63) is 60.4 Å². The molecule has 0 aliphatic carbocycles. The zero-order chi connectivity index (χ0) is 21.3. The number of halogens is 2. The number of aromatic nitrogens is 2. The predicted octanol–water partition coefficient (Wildman–Crippen LogP) is 6.53. The first-order valence-corrected chi connectivity index (χ1v) is 10.3. The van der Waals surface area contributed by atoms with Crippen molar-refractivity contribution < 1.29 is 18.6 Å². The van der Waals surface area contributed by atoms with Crippen molar-refractivity contribution in [3.63, 3.8) is 0 Å². The lowest BCUT2D eigenvalue weighted by Gasteiger charge is -2.10. The Hall–Kier alpha value is -3.02. The lowest BCUT2D eigenvalue weighted by atomic mass is 10.1. The highest BCUT2D eigenvalue weighted by Gasteiger charge is 2.17. The van der Waals surface area contributed by atoms with E-state index in [0.29, 0.717) is 12.2 Å². The fourth-order valence-corrected chi connectivity index (χ4v) is 3.15. The van der Waals surface area contributed by atoms with Crippen LogP contribution in [0.4, 0.5) is 8.78 Å². The van der Waals surface area contributed by atoms with Crippen molar-refractivity contribution in [2.75, 3.05) is 6.61 Å². The van der Waals surface area contributed by atoms with Crippen LogP contribution in [0.5, 0.6) is 11.5 Å². The van der Waals surface area contributed by atoms with Crippen LogP contribution in [-0.2, 0) is 0 Å². The average molecular weight is 412 g/mol. The zero-order valence-corrected chi connectivity index (χ0v) is 17.1. The summed E-state index contributed by atoms with van der Waals surface area (Å²) < 4.78 is 34.4. The molecule has 3 aromatic rings. The Kier molecular flexibility index (Phi) is 7.71. The van der Waals surface area contributed by atoms with Crippen LogP contribution in [0.25, 0.3) is 22.5 Å². The van der Waals surface area contributed by atoms with Gasteiger partial charge >= 0.3 is 0 Å². The number of hydrogen-bond acceptors (Lipinski definition) is 4. The van der Waals surface area contributed by atoms with Crippen LogP contribution >= 0.6 is 0 Å². The Morgan fingerprint density at radius 1 is 0.800 bits per heavy atom. The molecule has 0 aliphatic heterocycles. The van der Waals surface area contributed by atoms with E-state index in [2.05, 4.69) is 16.9 Å². The monoisotopic (exact) mass is 412 g/mol. The van der Waals surface area contributed by atoms with E-state index >= 15 is 0 Å². The first kappa shape index (κ1) is 21.7. The van der Waals surface area contributed by atoms with E-state index in [1.807, 2.05) is 0 Å². The Morgan fingerprint density at radius 3 is 2.17 bits per heavy atom. The molecule has 1 N–H and O–H groups in total. The second-order valence-corrected chi connectivity index (χ2v) is 7.20. The fourth-order valence-electron chi connectivity index (χ4n) is 3.15. The molecule has 30 heavy (non-hydrogen) atoms. The molecule has 4 nitrogen and oxygen atoms in total. The molecule has 158 valence electrons. The molecule has 0 spiro atoms. The predicted molar refractivity (Wildman–Crippen MR) is 113 cm³/mol. The zero-order valence-electron chi connectivity index (χ0n) is 17.1. The van der Waals surface area contributed by atoms with Gasteiger partial charge in [-0.15, -0.1) is 0 Å². The van der Waals surface area contributed by atoms with Crippen LogP contribution in [0.15, 0.2) is 48.8 Å². The fraction of sp³-hybridized carbons (Fsp3) is 0.333. The van der Waals surface area contributed by atoms with Gasteiger partial charge < -0.3 is 9.84 Å². The van der Waals surface area contributed by atoms with Gasteiger partial charge in [-0.2, -0.15) is 4.39 Å². The molecule has 0 saturated carbocycles. The molecule has 0 bridgehead atoms. The summed E-state index contributed by atoms with van der Waals surface area (Å²) in [6.45, 7) is 2.53. The molecule has 0 amide bonds. The SMILES string of the molecule is CCCCCCCCOc1ccc(-c2ncc(-c3ccc(O)cc3)cn2)c(F)c1F. The molecule has 2 aromatic carbocycles. The molecular weight excluding hydrogens is 386 g/mol. The third-order valence-corrected chi connectivity index (χ3v) is 4.90. The average Bonchev–Trinajstić information content (AvgIpc) is 2.77. The summed E-state index contributed by atoms with van der Waals surface area (Å²) in [5, 5.41) is 9.37. The minimum absolute atomic E-state index is 0.0170. The number of nitrogens with zero attached hydrogens (tertiary/aromatic N) is 2. The van der Waals surface area contributed by atoms with E-state index in [1.165, 1.54) is 43.8 Å². The smallest absolute Gasteiger partial charge is 0.201 e. The lowest BCUT2D eigenvalue weighted by Crippen LogP contribution is -2.02. The van der Waals surface area contributed by atoms with Crippen LogP contribution in [0.3, 0.4) is 0 Å². The van der Waals surface area contributed by atoms with Crippen LogP contribution in [0.2, 0.25) is 0 Å². The molecule has 0 fully saturated rings. The van der Waals surface area contributed by atoms with Gasteiger partial charge in [-0.1, -0.05) is 51.2 Å². The third kappa shape index (κ3) is 5.53. The number of unbranched alkanes of at least 4 members (excludes halogenated alkanes) is 5. The van der Waals surface area contributed by atoms with Crippen molar-refractivity contribution in [2.45, 2.75) is 45.4 Å². The Balaban J connectivity index is 1.64. The second kappa shape index (κ2) is 10.7. The van der Waals surface area contributed by atoms with Crippen molar-refractivity contribution in [1.82, 2.24) is 9.97 Å². The molecule has 6 heteroatoms. The van der Waals surface area contributed by atoms with E-state index in [0.717, 1.165) is 24.8 Å². The molecule has 0 unspecified atom stereocenters. The van der Waals surface area contributed by atoms with Crippen molar-refractivity contribution >= 4 is 0 Å². The normalized spacial score (nSPS) is 10.9. The Labute approximate surface area is 175 Å². The van der Waals surface area contributed by atoms with E-state index in [1.54, 1.807) is 24.3 Å². The van der Waals surface area contributed by atoms with Gasteiger partial charge in [0, 0.05) is 18.0 Å². The van der Waals surface area contributed by atoms with Gasteiger partial charge in [0.1, 0.15) is 5.75 Å². The van der Waals surface area contributed by atoms with Gasteiger partial charge in [0.25, 0.3) is 0 Å². The number of aromatic hydroxyl groups is 1. The molecular formula is C24H26F2N2O2. The third-order valence-electron chi connectivity index (χ3n) is 4.90. The number of ether oxygens (including phenoxy) is 1. The summed E-state index contributed by atoms with van der Waals surface area (Å²) in [6, 6.07) is 9.42. The van der Waals surface area contributed by atoms with E-state index in [4.69, 9.17) is 4.74 Å². The molecule has 0 saturated heterocycles. The van der Waals surface area contributed by atoms with Gasteiger partial charge in [0.2, 0.25) is 5.82 Å². The molecule has 1 heterocycles. The van der Waals surface area contributed by atoms with E-state index in [-0.39, 0.29) is 22.9 Å². The second-order valence-electron chi connectivity index (χ2n) is 7.20. The maximum Gasteiger partial charge on any atom is 0.201 e. The number of benzene rings is 2. The Bertz CT molecular complexity index is 945. The summed E-state index contributed by atoms with van der Waals surface area (Å²) in [6.07, 6.45) is 9.64. The largest absolute Gasteiger partial charge is 0.508 e. The highest BCUT2D eigenvalue weighted by molar-refractivity contribution is 5.65. The van der Waals surface area contributed by atoms with Crippen LogP contribution < -0.4 is 4.74 Å². The molecule has 3 rings (SSSR count). The summed E-state index contributed by atoms with van der Waals surface area (Å²) in [5.41, 5.74) is 1.50. The number of phenolic OH excluding ortho intramolecular Hbond substituents is 1. The maximum atomic E-state index is 14.6. The van der Waals surface area contributed by atoms with Crippen molar-refractivity contribution in [1.29, 1.82) is 0 Å². The summed E-state index contributed by atoms with van der Waals surface area (Å²) >= 11 is 0. The molecule has 0 aliphatic rings. The van der Waals surface area contributed by atoms with Crippen LogP contribution in [-0.4, -0.2) is 21.7 Å². The minimum Gasteiger partial charge on any atom is -0.508 e. The molecule has 0 atom stereocenters. The van der Waals surface area contributed by atoms with Gasteiger partial charge in [0.05, 0.1) is 12.2 Å². The van der Waals surface area contributed by atoms with Crippen molar-refractivity contribution in [3.8, 4) is 34.0 Å². The lowest BCUT2D eigenvalue weighted by molar-refractivity contribution is 0.285.